The van der Waals surface area contributed by atoms with Gasteiger partial charge in [0.1, 0.15) is 5.75 Å². The van der Waals surface area contributed by atoms with Crippen molar-refractivity contribution in [1.29, 1.82) is 0 Å². The molecular formula is C12H18BrClN2O2. The predicted octanol–water partition coefficient (Wildman–Crippen LogP) is 2.80. The summed E-state index contributed by atoms with van der Waals surface area (Å²) in [6, 6.07) is 4.84. The Kier molecular flexibility index (Phi) is 7.28. The lowest BCUT2D eigenvalue weighted by Gasteiger charge is -2.15. The molecular weight excluding hydrogens is 320 g/mol. The van der Waals surface area contributed by atoms with E-state index in [1.54, 1.807) is 19.2 Å². The molecule has 1 rings (SSSR count). The molecule has 6 heteroatoms. The number of anilines is 1. The van der Waals surface area contributed by atoms with Crippen LogP contribution in [0.25, 0.3) is 0 Å². The highest BCUT2D eigenvalue weighted by atomic mass is 79.9. The third-order valence-corrected chi connectivity index (χ3v) is 3.09. The number of hydrogen-bond donors (Lipinski definition) is 2. The van der Waals surface area contributed by atoms with Crippen LogP contribution in [0.4, 0.5) is 5.69 Å². The van der Waals surface area contributed by atoms with E-state index in [1.165, 1.54) is 0 Å². The minimum atomic E-state index is -0.510. The fraction of sp³-hybridized carbons (Fsp3) is 0.417. The maximum absolute atomic E-state index is 11.7. The average Bonchev–Trinajstić information content (AvgIpc) is 2.30. The monoisotopic (exact) mass is 336 g/mol. The van der Waals surface area contributed by atoms with Crippen LogP contribution in [-0.2, 0) is 4.79 Å². The van der Waals surface area contributed by atoms with Crippen LogP contribution in [0.1, 0.15) is 13.8 Å². The van der Waals surface area contributed by atoms with E-state index in [9.17, 15) is 4.79 Å². The Hall–Kier alpha value is -0.780. The van der Waals surface area contributed by atoms with Crippen molar-refractivity contribution in [2.75, 3.05) is 12.4 Å². The molecule has 18 heavy (non-hydrogen) atoms. The summed E-state index contributed by atoms with van der Waals surface area (Å²) >= 11 is 3.35. The Morgan fingerprint density at radius 2 is 2.06 bits per heavy atom. The zero-order chi connectivity index (χ0) is 13.0. The summed E-state index contributed by atoms with van der Waals surface area (Å²) in [7, 11) is 1.57. The standard InChI is InChI=1S/C12H17BrN2O2.ClH/c1-7(2)11(14)12(16)15-8-4-5-9(13)10(6-8)17-3;/h4-7,11H,14H2,1-3H3,(H,15,16);1H/t11-;/m1./s1. The summed E-state index contributed by atoms with van der Waals surface area (Å²) < 4.78 is 5.98. The smallest absolute Gasteiger partial charge is 0.241 e. The van der Waals surface area contributed by atoms with Gasteiger partial charge in [-0.1, -0.05) is 13.8 Å². The molecule has 0 bridgehead atoms. The Labute approximate surface area is 122 Å². The van der Waals surface area contributed by atoms with Gasteiger partial charge in [0.15, 0.2) is 0 Å². The lowest BCUT2D eigenvalue weighted by Crippen LogP contribution is -2.39. The van der Waals surface area contributed by atoms with Gasteiger partial charge in [-0.15, -0.1) is 12.4 Å². The van der Waals surface area contributed by atoms with Crippen LogP contribution in [-0.4, -0.2) is 19.1 Å². The van der Waals surface area contributed by atoms with Crippen molar-refractivity contribution in [3.8, 4) is 5.75 Å². The zero-order valence-corrected chi connectivity index (χ0v) is 13.0. The lowest BCUT2D eigenvalue weighted by atomic mass is 10.0. The van der Waals surface area contributed by atoms with Crippen molar-refractivity contribution >= 4 is 39.9 Å². The third kappa shape index (κ3) is 4.48. The van der Waals surface area contributed by atoms with Crippen LogP contribution in [0.3, 0.4) is 0 Å². The minimum absolute atomic E-state index is 0. The molecule has 102 valence electrons. The molecule has 0 aliphatic carbocycles. The normalized spacial score (nSPS) is 11.7. The van der Waals surface area contributed by atoms with Gasteiger partial charge in [0, 0.05) is 11.8 Å². The van der Waals surface area contributed by atoms with Gasteiger partial charge in [0.2, 0.25) is 5.91 Å². The fourth-order valence-corrected chi connectivity index (χ4v) is 1.67. The number of carbonyl (C=O) groups excluding carboxylic acids is 1. The van der Waals surface area contributed by atoms with E-state index >= 15 is 0 Å². The van der Waals surface area contributed by atoms with Crippen molar-refractivity contribution in [2.24, 2.45) is 11.7 Å². The van der Waals surface area contributed by atoms with E-state index in [-0.39, 0.29) is 24.2 Å². The van der Waals surface area contributed by atoms with Crippen molar-refractivity contribution in [1.82, 2.24) is 0 Å². The Balaban J connectivity index is 0.00000289. The van der Waals surface area contributed by atoms with Crippen molar-refractivity contribution in [3.63, 3.8) is 0 Å². The quantitative estimate of drug-likeness (QED) is 0.888. The largest absolute Gasteiger partial charge is 0.495 e. The molecule has 0 unspecified atom stereocenters. The Bertz CT molecular complexity index is 413. The number of amides is 1. The first-order valence-electron chi connectivity index (χ1n) is 5.35. The molecule has 0 fully saturated rings. The first-order valence-corrected chi connectivity index (χ1v) is 6.15. The van der Waals surface area contributed by atoms with Gasteiger partial charge in [0.05, 0.1) is 17.6 Å². The van der Waals surface area contributed by atoms with Crippen LogP contribution in [0.2, 0.25) is 0 Å². The number of nitrogens with two attached hydrogens (primary N) is 1. The summed E-state index contributed by atoms with van der Waals surface area (Å²) in [5, 5.41) is 2.76. The summed E-state index contributed by atoms with van der Waals surface area (Å²) in [6.07, 6.45) is 0. The number of nitrogens with one attached hydrogen (secondary N) is 1. The first-order chi connectivity index (χ1) is 7.95. The van der Waals surface area contributed by atoms with Gasteiger partial charge < -0.3 is 15.8 Å². The second kappa shape index (κ2) is 7.61. The van der Waals surface area contributed by atoms with Crippen molar-refractivity contribution in [3.05, 3.63) is 22.7 Å². The van der Waals surface area contributed by atoms with E-state index in [4.69, 9.17) is 10.5 Å². The minimum Gasteiger partial charge on any atom is -0.495 e. The van der Waals surface area contributed by atoms with Crippen molar-refractivity contribution < 1.29 is 9.53 Å². The number of halogens is 2. The molecule has 4 nitrogen and oxygen atoms in total. The van der Waals surface area contributed by atoms with Gasteiger partial charge in [-0.25, -0.2) is 0 Å². The molecule has 1 amide bonds. The topological polar surface area (TPSA) is 64.3 Å². The summed E-state index contributed by atoms with van der Waals surface area (Å²) in [5.74, 6) is 0.581. The second-order valence-electron chi connectivity index (χ2n) is 4.11. The average molecular weight is 338 g/mol. The predicted molar refractivity (Wildman–Crippen MR) is 79.4 cm³/mol. The Morgan fingerprint density at radius 1 is 1.44 bits per heavy atom. The number of benzene rings is 1. The van der Waals surface area contributed by atoms with Gasteiger partial charge >= 0.3 is 0 Å². The zero-order valence-electron chi connectivity index (χ0n) is 10.6. The third-order valence-electron chi connectivity index (χ3n) is 2.44. The Morgan fingerprint density at radius 3 is 2.56 bits per heavy atom. The lowest BCUT2D eigenvalue weighted by molar-refractivity contribution is -0.118. The molecule has 1 aromatic carbocycles. The van der Waals surface area contributed by atoms with Gasteiger partial charge in [-0.3, -0.25) is 4.79 Å². The number of ether oxygens (including phenoxy) is 1. The number of carbonyl (C=O) groups is 1. The first kappa shape index (κ1) is 17.2. The van der Waals surface area contributed by atoms with E-state index in [1.807, 2.05) is 19.9 Å². The number of methoxy groups -OCH3 is 1. The molecule has 0 spiro atoms. The highest BCUT2D eigenvalue weighted by Gasteiger charge is 2.17. The summed E-state index contributed by atoms with van der Waals surface area (Å²) in [4.78, 5) is 11.7. The van der Waals surface area contributed by atoms with Gasteiger partial charge in [0.25, 0.3) is 0 Å². The van der Waals surface area contributed by atoms with Crippen LogP contribution in [0, 0.1) is 5.92 Å². The number of rotatable bonds is 4. The fourth-order valence-electron chi connectivity index (χ4n) is 1.27. The van der Waals surface area contributed by atoms with E-state index in [2.05, 4.69) is 21.2 Å². The molecule has 0 saturated heterocycles. The summed E-state index contributed by atoms with van der Waals surface area (Å²) in [5.41, 5.74) is 6.43. The van der Waals surface area contributed by atoms with Crippen LogP contribution in [0.15, 0.2) is 22.7 Å². The van der Waals surface area contributed by atoms with Crippen LogP contribution >= 0.6 is 28.3 Å². The molecule has 0 heterocycles. The molecule has 0 radical (unpaired) electrons. The SMILES string of the molecule is COc1cc(NC(=O)[C@H](N)C(C)C)ccc1Br.Cl. The second-order valence-corrected chi connectivity index (χ2v) is 4.96. The molecule has 0 saturated carbocycles. The molecule has 0 aliphatic rings. The van der Waals surface area contributed by atoms with Crippen LogP contribution in [0.5, 0.6) is 5.75 Å². The molecule has 0 aliphatic heterocycles. The highest BCUT2D eigenvalue weighted by molar-refractivity contribution is 9.10. The van der Waals surface area contributed by atoms with Crippen molar-refractivity contribution in [2.45, 2.75) is 19.9 Å². The number of hydrogen-bond acceptors (Lipinski definition) is 3. The van der Waals surface area contributed by atoms with E-state index < -0.39 is 6.04 Å². The molecule has 3 N–H and O–H groups in total. The summed E-state index contributed by atoms with van der Waals surface area (Å²) in [6.45, 7) is 3.82. The van der Waals surface area contributed by atoms with E-state index in [0.717, 1.165) is 4.47 Å². The highest BCUT2D eigenvalue weighted by Crippen LogP contribution is 2.27. The molecule has 0 aromatic heterocycles. The maximum atomic E-state index is 11.7. The van der Waals surface area contributed by atoms with E-state index in [0.29, 0.717) is 11.4 Å². The maximum Gasteiger partial charge on any atom is 0.241 e. The van der Waals surface area contributed by atoms with Gasteiger partial charge in [-0.2, -0.15) is 0 Å². The molecule has 1 atom stereocenters. The van der Waals surface area contributed by atoms with Gasteiger partial charge in [-0.05, 0) is 34.0 Å². The van der Waals surface area contributed by atoms with Crippen LogP contribution < -0.4 is 15.8 Å². The molecule has 1 aromatic rings.